The maximum absolute atomic E-state index is 10.3. The number of amides is 1. The predicted octanol–water partition coefficient (Wildman–Crippen LogP) is 2.58. The fourth-order valence-corrected chi connectivity index (χ4v) is 1.99. The number of rotatable bonds is 6. The zero-order valence-corrected chi connectivity index (χ0v) is 12.7. The summed E-state index contributed by atoms with van der Waals surface area (Å²) < 4.78 is 5.10. The summed E-state index contributed by atoms with van der Waals surface area (Å²) in [4.78, 5) is 10.3. The number of thiocarbonyl (C=S) groups is 1. The molecule has 0 radical (unpaired) electrons. The molecule has 114 valence electrons. The Labute approximate surface area is 133 Å². The standard InChI is InChI=1S/C15H16N4O2S/c1-21-14-7-5-11(6-8-14)17-15(22)18-12-3-2-4-13(9-12)19-16-10-20/h2-10,19H,1H3,(H,16,20)(H2,17,18,22). The number of carbonyl (C=O) groups is 1. The average Bonchev–Trinajstić information content (AvgIpc) is 2.54. The van der Waals surface area contributed by atoms with Gasteiger partial charge in [-0.1, -0.05) is 6.07 Å². The number of hydrogen-bond acceptors (Lipinski definition) is 4. The zero-order chi connectivity index (χ0) is 15.8. The van der Waals surface area contributed by atoms with Crippen LogP contribution in [-0.2, 0) is 4.79 Å². The largest absolute Gasteiger partial charge is 0.497 e. The monoisotopic (exact) mass is 316 g/mol. The number of carbonyl (C=O) groups excluding carboxylic acids is 1. The Kier molecular flexibility index (Phi) is 5.56. The van der Waals surface area contributed by atoms with E-state index < -0.39 is 0 Å². The first kappa shape index (κ1) is 15.6. The molecule has 0 aromatic heterocycles. The fourth-order valence-electron chi connectivity index (χ4n) is 1.76. The van der Waals surface area contributed by atoms with Crippen LogP contribution >= 0.6 is 12.2 Å². The molecule has 2 rings (SSSR count). The highest BCUT2D eigenvalue weighted by Gasteiger charge is 2.00. The Morgan fingerprint density at radius 3 is 2.41 bits per heavy atom. The topological polar surface area (TPSA) is 74.4 Å². The first-order valence-electron chi connectivity index (χ1n) is 6.48. The van der Waals surface area contributed by atoms with Gasteiger partial charge in [-0.15, -0.1) is 0 Å². The van der Waals surface area contributed by atoms with Gasteiger partial charge in [-0.3, -0.25) is 15.6 Å². The van der Waals surface area contributed by atoms with Crippen LogP contribution in [0, 0.1) is 0 Å². The molecule has 0 bridgehead atoms. The smallest absolute Gasteiger partial charge is 0.225 e. The molecule has 1 amide bonds. The average molecular weight is 316 g/mol. The fraction of sp³-hybridized carbons (Fsp3) is 0.0667. The lowest BCUT2D eigenvalue weighted by Crippen LogP contribution is -2.20. The van der Waals surface area contributed by atoms with Crippen LogP contribution in [0.15, 0.2) is 48.5 Å². The number of anilines is 3. The SMILES string of the molecule is COc1ccc(NC(=S)Nc2cccc(NNC=O)c2)cc1. The van der Waals surface area contributed by atoms with Gasteiger partial charge in [0.05, 0.1) is 12.8 Å². The summed E-state index contributed by atoms with van der Waals surface area (Å²) in [5.41, 5.74) is 7.50. The van der Waals surface area contributed by atoms with Gasteiger partial charge in [0.1, 0.15) is 5.75 Å². The van der Waals surface area contributed by atoms with Crippen molar-refractivity contribution >= 4 is 40.8 Å². The van der Waals surface area contributed by atoms with Gasteiger partial charge in [0.25, 0.3) is 0 Å². The van der Waals surface area contributed by atoms with E-state index in [-0.39, 0.29) is 0 Å². The van der Waals surface area contributed by atoms with Crippen LogP contribution in [0.25, 0.3) is 0 Å². The number of methoxy groups -OCH3 is 1. The van der Waals surface area contributed by atoms with Crippen molar-refractivity contribution in [2.24, 2.45) is 0 Å². The summed E-state index contributed by atoms with van der Waals surface area (Å²) in [6.45, 7) is 0. The molecule has 6 nitrogen and oxygen atoms in total. The van der Waals surface area contributed by atoms with Crippen LogP contribution in [0.1, 0.15) is 0 Å². The Bertz CT molecular complexity index is 646. The number of ether oxygens (including phenoxy) is 1. The van der Waals surface area contributed by atoms with Crippen LogP contribution in [0.4, 0.5) is 17.1 Å². The van der Waals surface area contributed by atoms with Crippen molar-refractivity contribution in [3.05, 3.63) is 48.5 Å². The number of hydrazine groups is 1. The third-order valence-corrected chi connectivity index (χ3v) is 2.95. The van der Waals surface area contributed by atoms with E-state index in [0.717, 1.165) is 22.8 Å². The highest BCUT2D eigenvalue weighted by molar-refractivity contribution is 7.80. The summed E-state index contributed by atoms with van der Waals surface area (Å²) in [5, 5.41) is 6.61. The second kappa shape index (κ2) is 7.84. The molecule has 0 heterocycles. The molecule has 2 aromatic rings. The van der Waals surface area contributed by atoms with Crippen LogP contribution in [0.5, 0.6) is 5.75 Å². The molecule has 0 atom stereocenters. The molecule has 0 saturated carbocycles. The van der Waals surface area contributed by atoms with Gasteiger partial charge in [-0.25, -0.2) is 0 Å². The lowest BCUT2D eigenvalue weighted by atomic mass is 10.3. The number of benzene rings is 2. The molecule has 0 spiro atoms. The van der Waals surface area contributed by atoms with Crippen LogP contribution in [0.3, 0.4) is 0 Å². The van der Waals surface area contributed by atoms with Crippen molar-refractivity contribution in [1.29, 1.82) is 0 Å². The van der Waals surface area contributed by atoms with E-state index in [1.165, 1.54) is 0 Å². The quantitative estimate of drug-likeness (QED) is 0.373. The summed E-state index contributed by atoms with van der Waals surface area (Å²) in [6.07, 6.45) is 0.565. The van der Waals surface area contributed by atoms with Gasteiger partial charge >= 0.3 is 0 Å². The molecular formula is C15H16N4O2S. The highest BCUT2D eigenvalue weighted by Crippen LogP contribution is 2.17. The maximum Gasteiger partial charge on any atom is 0.225 e. The van der Waals surface area contributed by atoms with Crippen molar-refractivity contribution in [1.82, 2.24) is 5.43 Å². The van der Waals surface area contributed by atoms with Gasteiger partial charge in [-0.2, -0.15) is 0 Å². The van der Waals surface area contributed by atoms with Gasteiger partial charge in [0.2, 0.25) is 6.41 Å². The van der Waals surface area contributed by atoms with E-state index in [4.69, 9.17) is 17.0 Å². The molecule has 4 N–H and O–H groups in total. The van der Waals surface area contributed by atoms with E-state index in [2.05, 4.69) is 21.5 Å². The summed E-state index contributed by atoms with van der Waals surface area (Å²) in [6, 6.07) is 14.8. The third kappa shape index (κ3) is 4.64. The van der Waals surface area contributed by atoms with Crippen molar-refractivity contribution in [2.75, 3.05) is 23.2 Å². The molecule has 0 fully saturated rings. The molecule has 7 heteroatoms. The van der Waals surface area contributed by atoms with Gasteiger partial charge in [0, 0.05) is 11.4 Å². The van der Waals surface area contributed by atoms with Crippen molar-refractivity contribution in [3.63, 3.8) is 0 Å². The molecular weight excluding hydrogens is 300 g/mol. The Balaban J connectivity index is 1.94. The highest BCUT2D eigenvalue weighted by atomic mass is 32.1. The van der Waals surface area contributed by atoms with Crippen LogP contribution in [0.2, 0.25) is 0 Å². The minimum atomic E-state index is 0.464. The molecule has 0 unspecified atom stereocenters. The number of hydrogen-bond donors (Lipinski definition) is 4. The first-order chi connectivity index (χ1) is 10.7. The van der Waals surface area contributed by atoms with E-state index in [9.17, 15) is 4.79 Å². The second-order valence-corrected chi connectivity index (χ2v) is 4.68. The molecule has 0 aliphatic rings. The van der Waals surface area contributed by atoms with Crippen molar-refractivity contribution in [3.8, 4) is 5.75 Å². The minimum Gasteiger partial charge on any atom is -0.497 e. The Morgan fingerprint density at radius 1 is 1.05 bits per heavy atom. The zero-order valence-electron chi connectivity index (χ0n) is 11.9. The maximum atomic E-state index is 10.3. The van der Waals surface area contributed by atoms with Crippen LogP contribution < -0.4 is 26.2 Å². The van der Waals surface area contributed by atoms with Gasteiger partial charge in [0.15, 0.2) is 5.11 Å². The normalized spacial score (nSPS) is 9.50. The lowest BCUT2D eigenvalue weighted by Gasteiger charge is -2.12. The summed E-state index contributed by atoms with van der Waals surface area (Å²) in [5.74, 6) is 0.783. The van der Waals surface area contributed by atoms with Crippen molar-refractivity contribution < 1.29 is 9.53 Å². The Morgan fingerprint density at radius 2 is 1.73 bits per heavy atom. The Hall–Kier alpha value is -2.80. The third-order valence-electron chi connectivity index (χ3n) is 2.74. The number of nitrogens with one attached hydrogen (secondary N) is 4. The van der Waals surface area contributed by atoms with E-state index in [1.807, 2.05) is 48.5 Å². The van der Waals surface area contributed by atoms with E-state index in [0.29, 0.717) is 11.5 Å². The second-order valence-electron chi connectivity index (χ2n) is 4.28. The molecule has 0 aliphatic heterocycles. The lowest BCUT2D eigenvalue weighted by molar-refractivity contribution is -0.109. The van der Waals surface area contributed by atoms with Gasteiger partial charge in [-0.05, 0) is 54.7 Å². The minimum absolute atomic E-state index is 0.464. The first-order valence-corrected chi connectivity index (χ1v) is 6.89. The van der Waals surface area contributed by atoms with Crippen molar-refractivity contribution in [2.45, 2.75) is 0 Å². The molecule has 0 aliphatic carbocycles. The molecule has 2 aromatic carbocycles. The van der Waals surface area contributed by atoms with E-state index in [1.54, 1.807) is 7.11 Å². The summed E-state index contributed by atoms with van der Waals surface area (Å²) >= 11 is 5.26. The molecule has 0 saturated heterocycles. The summed E-state index contributed by atoms with van der Waals surface area (Å²) in [7, 11) is 1.62. The predicted molar refractivity (Wildman–Crippen MR) is 92.1 cm³/mol. The van der Waals surface area contributed by atoms with Crippen LogP contribution in [-0.4, -0.2) is 18.6 Å². The van der Waals surface area contributed by atoms with E-state index >= 15 is 0 Å². The van der Waals surface area contributed by atoms with Gasteiger partial charge < -0.3 is 15.4 Å². The molecule has 22 heavy (non-hydrogen) atoms.